The highest BCUT2D eigenvalue weighted by molar-refractivity contribution is 5.96. The molecule has 0 radical (unpaired) electrons. The molecule has 1 aromatic carbocycles. The van der Waals surface area contributed by atoms with Crippen molar-refractivity contribution in [1.82, 2.24) is 4.98 Å². The zero-order valence-corrected chi connectivity index (χ0v) is 11.2. The van der Waals surface area contributed by atoms with Crippen LogP contribution in [0.1, 0.15) is 25.7 Å². The number of nitrogens with zero attached hydrogens (tertiary/aromatic N) is 2. The predicted octanol–water partition coefficient (Wildman–Crippen LogP) is 3.75. The van der Waals surface area contributed by atoms with Gasteiger partial charge < -0.3 is 5.32 Å². The van der Waals surface area contributed by atoms with E-state index in [-0.39, 0.29) is 10.6 Å². The second-order valence-corrected chi connectivity index (χ2v) is 5.32. The number of benzene rings is 1. The van der Waals surface area contributed by atoms with E-state index in [1.807, 2.05) is 0 Å². The molecule has 5 nitrogen and oxygen atoms in total. The molecule has 20 heavy (non-hydrogen) atoms. The van der Waals surface area contributed by atoms with Crippen LogP contribution in [0.15, 0.2) is 30.5 Å². The molecular weight excluding hydrogens is 254 g/mol. The first-order chi connectivity index (χ1) is 9.75. The monoisotopic (exact) mass is 271 g/mol. The number of pyridine rings is 1. The maximum atomic E-state index is 11.1. The molecule has 1 aliphatic rings. The summed E-state index contributed by atoms with van der Waals surface area (Å²) in [6.07, 6.45) is 6.83. The third kappa shape index (κ3) is 2.43. The van der Waals surface area contributed by atoms with Crippen molar-refractivity contribution in [2.24, 2.45) is 5.92 Å². The molecule has 1 aromatic heterocycles. The van der Waals surface area contributed by atoms with Gasteiger partial charge in [0.05, 0.1) is 16.0 Å². The number of nitro benzene ring substituents is 1. The normalized spacial score (nSPS) is 15.6. The SMILES string of the molecule is O=[N+]([O-])c1ccc(NCC2CCCC2)c2ncccc12. The molecule has 0 bridgehead atoms. The predicted molar refractivity (Wildman–Crippen MR) is 78.8 cm³/mol. The number of hydrogen-bond donors (Lipinski definition) is 1. The largest absolute Gasteiger partial charge is 0.383 e. The molecular formula is C15H17N3O2. The Labute approximate surface area is 117 Å². The lowest BCUT2D eigenvalue weighted by atomic mass is 10.1. The first-order valence-electron chi connectivity index (χ1n) is 7.01. The van der Waals surface area contributed by atoms with Gasteiger partial charge in [0.1, 0.15) is 5.52 Å². The van der Waals surface area contributed by atoms with E-state index >= 15 is 0 Å². The summed E-state index contributed by atoms with van der Waals surface area (Å²) in [4.78, 5) is 15.0. The lowest BCUT2D eigenvalue weighted by molar-refractivity contribution is -0.383. The highest BCUT2D eigenvalue weighted by Gasteiger charge is 2.17. The fraction of sp³-hybridized carbons (Fsp3) is 0.400. The van der Waals surface area contributed by atoms with Crippen molar-refractivity contribution in [1.29, 1.82) is 0 Å². The molecule has 0 unspecified atom stereocenters. The van der Waals surface area contributed by atoms with Crippen molar-refractivity contribution in [2.45, 2.75) is 25.7 Å². The maximum absolute atomic E-state index is 11.1. The average molecular weight is 271 g/mol. The second-order valence-electron chi connectivity index (χ2n) is 5.32. The van der Waals surface area contributed by atoms with Crippen molar-refractivity contribution in [3.8, 4) is 0 Å². The van der Waals surface area contributed by atoms with Crippen molar-refractivity contribution < 1.29 is 4.92 Å². The zero-order chi connectivity index (χ0) is 13.9. The second kappa shape index (κ2) is 5.45. The Morgan fingerprint density at radius 1 is 1.30 bits per heavy atom. The Morgan fingerprint density at radius 2 is 2.10 bits per heavy atom. The van der Waals surface area contributed by atoms with Crippen LogP contribution in [0, 0.1) is 16.0 Å². The summed E-state index contributed by atoms with van der Waals surface area (Å²) in [6.45, 7) is 0.920. The number of nitrogens with one attached hydrogen (secondary N) is 1. The summed E-state index contributed by atoms with van der Waals surface area (Å²) >= 11 is 0. The molecule has 0 aliphatic heterocycles. The summed E-state index contributed by atoms with van der Waals surface area (Å²) in [7, 11) is 0. The van der Waals surface area contributed by atoms with Gasteiger partial charge in [0, 0.05) is 18.8 Å². The Morgan fingerprint density at radius 3 is 2.85 bits per heavy atom. The molecule has 3 rings (SSSR count). The molecule has 1 fully saturated rings. The summed E-state index contributed by atoms with van der Waals surface area (Å²) in [5.41, 5.74) is 1.68. The van der Waals surface area contributed by atoms with Gasteiger partial charge in [-0.25, -0.2) is 0 Å². The van der Waals surface area contributed by atoms with E-state index in [0.717, 1.165) is 12.2 Å². The maximum Gasteiger partial charge on any atom is 0.278 e. The Kier molecular flexibility index (Phi) is 3.50. The van der Waals surface area contributed by atoms with Crippen molar-refractivity contribution in [3.63, 3.8) is 0 Å². The van der Waals surface area contributed by atoms with Crippen LogP contribution < -0.4 is 5.32 Å². The topological polar surface area (TPSA) is 68.1 Å². The molecule has 2 aromatic rings. The third-order valence-corrected chi connectivity index (χ3v) is 4.00. The number of anilines is 1. The van der Waals surface area contributed by atoms with Gasteiger partial charge in [0.2, 0.25) is 0 Å². The van der Waals surface area contributed by atoms with Crippen LogP contribution in [0.2, 0.25) is 0 Å². The van der Waals surface area contributed by atoms with E-state index in [1.165, 1.54) is 25.7 Å². The molecule has 0 saturated heterocycles. The van der Waals surface area contributed by atoms with E-state index in [1.54, 1.807) is 30.5 Å². The summed E-state index contributed by atoms with van der Waals surface area (Å²) in [5.74, 6) is 0.712. The number of nitro groups is 1. The summed E-state index contributed by atoms with van der Waals surface area (Å²) in [5, 5.41) is 15.1. The fourth-order valence-electron chi connectivity index (χ4n) is 2.93. The number of non-ortho nitro benzene ring substituents is 1. The minimum atomic E-state index is -0.356. The minimum Gasteiger partial charge on any atom is -0.383 e. The van der Waals surface area contributed by atoms with Crippen LogP contribution >= 0.6 is 0 Å². The minimum absolute atomic E-state index is 0.111. The molecule has 1 N–H and O–H groups in total. The van der Waals surface area contributed by atoms with Gasteiger partial charge in [-0.2, -0.15) is 0 Å². The van der Waals surface area contributed by atoms with Gasteiger partial charge in [0.25, 0.3) is 5.69 Å². The number of hydrogen-bond acceptors (Lipinski definition) is 4. The smallest absolute Gasteiger partial charge is 0.278 e. The van der Waals surface area contributed by atoms with Gasteiger partial charge in [0.15, 0.2) is 0 Å². The van der Waals surface area contributed by atoms with E-state index in [4.69, 9.17) is 0 Å². The van der Waals surface area contributed by atoms with Crippen LogP contribution in [-0.2, 0) is 0 Å². The summed E-state index contributed by atoms with van der Waals surface area (Å²) < 4.78 is 0. The van der Waals surface area contributed by atoms with E-state index in [0.29, 0.717) is 16.8 Å². The Hall–Kier alpha value is -2.17. The highest BCUT2D eigenvalue weighted by Crippen LogP contribution is 2.31. The van der Waals surface area contributed by atoms with Gasteiger partial charge in [-0.3, -0.25) is 15.1 Å². The molecule has 5 heteroatoms. The Balaban J connectivity index is 1.91. The lowest BCUT2D eigenvalue weighted by Crippen LogP contribution is -2.11. The van der Waals surface area contributed by atoms with Crippen LogP contribution in [-0.4, -0.2) is 16.5 Å². The molecule has 0 spiro atoms. The number of rotatable bonds is 4. The highest BCUT2D eigenvalue weighted by atomic mass is 16.6. The zero-order valence-electron chi connectivity index (χ0n) is 11.2. The molecule has 104 valence electrons. The van der Waals surface area contributed by atoms with Crippen molar-refractivity contribution in [3.05, 3.63) is 40.6 Å². The van der Waals surface area contributed by atoms with E-state index < -0.39 is 0 Å². The average Bonchev–Trinajstić information content (AvgIpc) is 2.97. The molecule has 1 saturated carbocycles. The molecule has 0 atom stereocenters. The van der Waals surface area contributed by atoms with Crippen molar-refractivity contribution >= 4 is 22.3 Å². The van der Waals surface area contributed by atoms with Gasteiger partial charge in [-0.15, -0.1) is 0 Å². The van der Waals surface area contributed by atoms with Gasteiger partial charge >= 0.3 is 0 Å². The quantitative estimate of drug-likeness (QED) is 0.679. The molecule has 1 heterocycles. The first kappa shape index (κ1) is 12.8. The van der Waals surface area contributed by atoms with Crippen LogP contribution in [0.3, 0.4) is 0 Å². The van der Waals surface area contributed by atoms with Crippen LogP contribution in [0.25, 0.3) is 10.9 Å². The summed E-state index contributed by atoms with van der Waals surface area (Å²) in [6, 6.07) is 6.81. The number of aromatic nitrogens is 1. The lowest BCUT2D eigenvalue weighted by Gasteiger charge is -2.13. The third-order valence-electron chi connectivity index (χ3n) is 4.00. The molecule has 1 aliphatic carbocycles. The fourth-order valence-corrected chi connectivity index (χ4v) is 2.93. The molecule has 0 amide bonds. The van der Waals surface area contributed by atoms with Crippen molar-refractivity contribution in [2.75, 3.05) is 11.9 Å². The van der Waals surface area contributed by atoms with Crippen LogP contribution in [0.5, 0.6) is 0 Å². The van der Waals surface area contributed by atoms with Gasteiger partial charge in [-0.1, -0.05) is 12.8 Å². The van der Waals surface area contributed by atoms with E-state index in [9.17, 15) is 10.1 Å². The Bertz CT molecular complexity index is 636. The standard InChI is InChI=1S/C15H17N3O2/c19-18(20)14-8-7-13(15-12(14)6-3-9-16-15)17-10-11-4-1-2-5-11/h3,6-9,11,17H,1-2,4-5,10H2. The van der Waals surface area contributed by atoms with Gasteiger partial charge in [-0.05, 0) is 37.0 Å². The van der Waals surface area contributed by atoms with E-state index in [2.05, 4.69) is 10.3 Å². The number of fused-ring (bicyclic) bond motifs is 1. The van der Waals surface area contributed by atoms with Crippen LogP contribution in [0.4, 0.5) is 11.4 Å². The first-order valence-corrected chi connectivity index (χ1v) is 7.01.